The smallest absolute Gasteiger partial charge is 0.261 e. The van der Waals surface area contributed by atoms with Crippen LogP contribution >= 0.6 is 0 Å². The molecule has 7 heteroatoms. The van der Waals surface area contributed by atoms with E-state index in [9.17, 15) is 8.42 Å². The Hall–Kier alpha value is -1.31. The number of aliphatic hydroxyl groups excluding tert-OH is 1. The number of hydrogen-bond donors (Lipinski definition) is 2. The molecule has 0 saturated carbocycles. The number of rotatable bonds is 2. The van der Waals surface area contributed by atoms with Crippen molar-refractivity contribution in [3.05, 3.63) is 23.8 Å². The van der Waals surface area contributed by atoms with Gasteiger partial charge in [0.15, 0.2) is 11.5 Å². The van der Waals surface area contributed by atoms with Gasteiger partial charge in [-0.05, 0) is 24.1 Å². The summed E-state index contributed by atoms with van der Waals surface area (Å²) in [6.45, 7) is 0.470. The molecule has 1 heterocycles. The summed E-state index contributed by atoms with van der Waals surface area (Å²) in [7, 11) is -3.67. The first-order chi connectivity index (χ1) is 7.90. The predicted octanol–water partition coefficient (Wildman–Crippen LogP) is 0.454. The molecule has 0 aromatic heterocycles. The summed E-state index contributed by atoms with van der Waals surface area (Å²) in [5.74, 6) is 1.57. The van der Waals surface area contributed by atoms with E-state index < -0.39 is 10.1 Å². The van der Waals surface area contributed by atoms with E-state index in [1.165, 1.54) is 0 Å². The third-order valence-electron chi connectivity index (χ3n) is 1.84. The van der Waals surface area contributed by atoms with Gasteiger partial charge in [-0.25, -0.2) is 0 Å². The third-order valence-corrected chi connectivity index (χ3v) is 1.84. The Morgan fingerprint density at radius 2 is 1.88 bits per heavy atom. The van der Waals surface area contributed by atoms with Crippen LogP contribution in [-0.2, 0) is 16.5 Å². The Kier molecular flexibility index (Phi) is 4.73. The molecule has 0 unspecified atom stereocenters. The van der Waals surface area contributed by atoms with E-state index in [0.29, 0.717) is 19.5 Å². The Morgan fingerprint density at radius 1 is 1.29 bits per heavy atom. The monoisotopic (exact) mass is 262 g/mol. The van der Waals surface area contributed by atoms with Crippen molar-refractivity contribution in [1.29, 1.82) is 0 Å². The van der Waals surface area contributed by atoms with Crippen LogP contribution in [-0.4, -0.2) is 37.7 Å². The molecule has 0 spiro atoms. The minimum atomic E-state index is -3.67. The standard InChI is InChI=1S/C9H10O3.CH4O3S/c10-4-3-7-1-2-8-9(5-7)12-6-11-8;1-5(2,3)4/h1-2,5,10H,3-4,6H2;1H3,(H,2,3,4). The van der Waals surface area contributed by atoms with Crippen LogP contribution in [0.2, 0.25) is 0 Å². The highest BCUT2D eigenvalue weighted by Gasteiger charge is 2.12. The van der Waals surface area contributed by atoms with E-state index in [1.807, 2.05) is 18.2 Å². The number of aliphatic hydroxyl groups is 1. The fourth-order valence-electron chi connectivity index (χ4n) is 1.23. The maximum absolute atomic E-state index is 9.19. The molecule has 1 aliphatic rings. The molecule has 0 aliphatic carbocycles. The lowest BCUT2D eigenvalue weighted by atomic mass is 10.1. The van der Waals surface area contributed by atoms with Crippen molar-refractivity contribution in [3.63, 3.8) is 0 Å². The summed E-state index contributed by atoms with van der Waals surface area (Å²) < 4.78 is 36.2. The lowest BCUT2D eigenvalue weighted by molar-refractivity contribution is 0.174. The van der Waals surface area contributed by atoms with E-state index in [-0.39, 0.29) is 6.61 Å². The summed E-state index contributed by atoms with van der Waals surface area (Å²) in [5, 5.41) is 8.70. The molecule has 1 aliphatic heterocycles. The van der Waals surface area contributed by atoms with E-state index in [1.54, 1.807) is 0 Å². The third kappa shape index (κ3) is 5.53. The first-order valence-corrected chi connectivity index (χ1v) is 6.67. The van der Waals surface area contributed by atoms with Gasteiger partial charge in [0.25, 0.3) is 10.1 Å². The average molecular weight is 262 g/mol. The SMILES string of the molecule is CS(=O)(=O)O.OCCc1ccc2c(c1)OCO2. The van der Waals surface area contributed by atoms with Crippen molar-refractivity contribution in [2.24, 2.45) is 0 Å². The summed E-state index contributed by atoms with van der Waals surface area (Å²) in [4.78, 5) is 0. The molecule has 2 rings (SSSR count). The van der Waals surface area contributed by atoms with Gasteiger partial charge in [-0.1, -0.05) is 6.07 Å². The summed E-state index contributed by atoms with van der Waals surface area (Å²) in [6.07, 6.45) is 1.38. The Balaban J connectivity index is 0.000000249. The predicted molar refractivity (Wildman–Crippen MR) is 60.8 cm³/mol. The minimum absolute atomic E-state index is 0.166. The highest BCUT2D eigenvalue weighted by atomic mass is 32.2. The van der Waals surface area contributed by atoms with Crippen LogP contribution in [0.5, 0.6) is 11.5 Å². The van der Waals surface area contributed by atoms with Gasteiger partial charge in [0, 0.05) is 6.61 Å². The molecule has 0 bridgehead atoms. The van der Waals surface area contributed by atoms with Gasteiger partial charge >= 0.3 is 0 Å². The minimum Gasteiger partial charge on any atom is -0.454 e. The first kappa shape index (κ1) is 13.8. The fraction of sp³-hybridized carbons (Fsp3) is 0.400. The van der Waals surface area contributed by atoms with Crippen LogP contribution in [0, 0.1) is 0 Å². The second-order valence-corrected chi connectivity index (χ2v) is 4.86. The molecule has 1 aromatic rings. The lowest BCUT2D eigenvalue weighted by Crippen LogP contribution is -1.93. The lowest BCUT2D eigenvalue weighted by Gasteiger charge is -1.99. The van der Waals surface area contributed by atoms with Gasteiger partial charge in [-0.15, -0.1) is 0 Å². The van der Waals surface area contributed by atoms with Gasteiger partial charge in [0.1, 0.15) is 0 Å². The molecule has 2 N–H and O–H groups in total. The molecule has 0 radical (unpaired) electrons. The topological polar surface area (TPSA) is 93.1 Å². The second kappa shape index (κ2) is 5.85. The Bertz CT molecular complexity index is 460. The van der Waals surface area contributed by atoms with Crippen LogP contribution in [0.15, 0.2) is 18.2 Å². The largest absolute Gasteiger partial charge is 0.454 e. The zero-order valence-electron chi connectivity index (χ0n) is 9.29. The van der Waals surface area contributed by atoms with E-state index >= 15 is 0 Å². The van der Waals surface area contributed by atoms with Crippen molar-refractivity contribution in [2.45, 2.75) is 6.42 Å². The van der Waals surface area contributed by atoms with Crippen molar-refractivity contribution in [2.75, 3.05) is 19.7 Å². The van der Waals surface area contributed by atoms with Crippen molar-refractivity contribution in [3.8, 4) is 11.5 Å². The van der Waals surface area contributed by atoms with Crippen LogP contribution < -0.4 is 9.47 Å². The molecule has 17 heavy (non-hydrogen) atoms. The molecular weight excluding hydrogens is 248 g/mol. The maximum Gasteiger partial charge on any atom is 0.261 e. The van der Waals surface area contributed by atoms with Gasteiger partial charge in [-0.2, -0.15) is 8.42 Å². The zero-order chi connectivity index (χ0) is 12.9. The number of hydrogen-bond acceptors (Lipinski definition) is 5. The van der Waals surface area contributed by atoms with Crippen molar-refractivity contribution >= 4 is 10.1 Å². The molecule has 0 amide bonds. The molecular formula is C10H14O6S. The molecule has 6 nitrogen and oxygen atoms in total. The normalized spacial score (nSPS) is 12.9. The molecule has 1 aromatic carbocycles. The van der Waals surface area contributed by atoms with Crippen LogP contribution in [0.3, 0.4) is 0 Å². The van der Waals surface area contributed by atoms with E-state index in [2.05, 4.69) is 0 Å². The summed E-state index contributed by atoms with van der Waals surface area (Å²) >= 11 is 0. The van der Waals surface area contributed by atoms with Crippen molar-refractivity contribution < 1.29 is 27.6 Å². The fourth-order valence-corrected chi connectivity index (χ4v) is 1.23. The summed E-state index contributed by atoms with van der Waals surface area (Å²) in [5.41, 5.74) is 1.07. The molecule has 96 valence electrons. The highest BCUT2D eigenvalue weighted by Crippen LogP contribution is 2.32. The average Bonchev–Trinajstić information content (AvgIpc) is 2.62. The maximum atomic E-state index is 9.19. The molecule has 0 atom stereocenters. The highest BCUT2D eigenvalue weighted by molar-refractivity contribution is 7.85. The number of fused-ring (bicyclic) bond motifs is 1. The van der Waals surface area contributed by atoms with Crippen molar-refractivity contribution in [1.82, 2.24) is 0 Å². The quantitative estimate of drug-likeness (QED) is 0.752. The van der Waals surface area contributed by atoms with Crippen LogP contribution in [0.1, 0.15) is 5.56 Å². The number of benzene rings is 1. The molecule has 0 fully saturated rings. The van der Waals surface area contributed by atoms with Crippen LogP contribution in [0.4, 0.5) is 0 Å². The van der Waals surface area contributed by atoms with Gasteiger partial charge in [-0.3, -0.25) is 4.55 Å². The van der Waals surface area contributed by atoms with Gasteiger partial charge in [0.2, 0.25) is 6.79 Å². The van der Waals surface area contributed by atoms with Gasteiger partial charge in [0.05, 0.1) is 6.26 Å². The zero-order valence-corrected chi connectivity index (χ0v) is 10.1. The van der Waals surface area contributed by atoms with Gasteiger partial charge < -0.3 is 14.6 Å². The summed E-state index contributed by atoms with van der Waals surface area (Å²) in [6, 6.07) is 5.70. The van der Waals surface area contributed by atoms with Crippen LogP contribution in [0.25, 0.3) is 0 Å². The van der Waals surface area contributed by atoms with E-state index in [0.717, 1.165) is 17.1 Å². The molecule has 0 saturated heterocycles. The number of ether oxygens (including phenoxy) is 2. The first-order valence-electron chi connectivity index (χ1n) is 4.82. The second-order valence-electron chi connectivity index (χ2n) is 3.39. The Morgan fingerprint density at radius 3 is 2.47 bits per heavy atom. The van der Waals surface area contributed by atoms with E-state index in [4.69, 9.17) is 19.1 Å². The Labute approximate surface area is 99.5 Å².